The number of esters is 1. The van der Waals surface area contributed by atoms with Crippen LogP contribution < -0.4 is 10.6 Å². The molecule has 0 radical (unpaired) electrons. The van der Waals surface area contributed by atoms with E-state index in [1.165, 1.54) is 11.3 Å². The van der Waals surface area contributed by atoms with Crippen LogP contribution >= 0.6 is 11.3 Å². The molecule has 0 spiro atoms. The first-order valence-corrected chi connectivity index (χ1v) is 14.0. The summed E-state index contributed by atoms with van der Waals surface area (Å²) in [7, 11) is 1.84. The molecule has 198 valence electrons. The Bertz CT molecular complexity index is 866. The highest BCUT2D eigenvalue weighted by atomic mass is 32.1. The van der Waals surface area contributed by atoms with Crippen LogP contribution in [0.25, 0.3) is 6.08 Å². The summed E-state index contributed by atoms with van der Waals surface area (Å²) in [5.41, 5.74) is 1.13. The van der Waals surface area contributed by atoms with Crippen molar-refractivity contribution in [1.82, 2.24) is 10.3 Å². The Labute approximate surface area is 215 Å². The van der Waals surface area contributed by atoms with Gasteiger partial charge in [-0.3, -0.25) is 9.59 Å². The Morgan fingerprint density at radius 3 is 2.60 bits per heavy atom. The number of nitrogens with one attached hydrogen (secondary N) is 2. The third-order valence-corrected chi connectivity index (χ3v) is 7.92. The number of aliphatic hydroxyl groups is 1. The maximum absolute atomic E-state index is 13.0. The zero-order valence-electron chi connectivity index (χ0n) is 22.5. The van der Waals surface area contributed by atoms with Gasteiger partial charge in [-0.05, 0) is 37.8 Å². The Morgan fingerprint density at radius 2 is 1.94 bits per heavy atom. The number of fused-ring (bicyclic) bond motifs is 1. The fraction of sp³-hybridized carbons (Fsp3) is 0.741. The Hall–Kier alpha value is -1.77. The highest BCUT2D eigenvalue weighted by Crippen LogP contribution is 2.32. The molecule has 1 aromatic heterocycles. The SMILES string of the molecule is CC.CNc1nc(/C=C(\C)C2CC3NC3CCCCC(O)[C@@H](C)C(=O)C(C)(C)CCC(=O)O2)cs1. The summed E-state index contributed by atoms with van der Waals surface area (Å²) < 4.78 is 5.94. The molecule has 0 bridgehead atoms. The Balaban J connectivity index is 0.00000210. The van der Waals surface area contributed by atoms with Crippen molar-refractivity contribution in [2.75, 3.05) is 12.4 Å². The van der Waals surface area contributed by atoms with Crippen LogP contribution in [0.1, 0.15) is 92.2 Å². The molecule has 5 atom stereocenters. The number of anilines is 1. The fourth-order valence-corrected chi connectivity index (χ4v) is 5.23. The molecule has 35 heavy (non-hydrogen) atoms. The van der Waals surface area contributed by atoms with Crippen LogP contribution in [0.3, 0.4) is 0 Å². The van der Waals surface area contributed by atoms with Crippen molar-refractivity contribution < 1.29 is 19.4 Å². The van der Waals surface area contributed by atoms with Crippen LogP contribution in [0.15, 0.2) is 11.0 Å². The van der Waals surface area contributed by atoms with E-state index in [1.807, 2.05) is 53.1 Å². The minimum Gasteiger partial charge on any atom is -0.458 e. The number of nitrogens with zero attached hydrogens (tertiary/aromatic N) is 1. The van der Waals surface area contributed by atoms with Crippen LogP contribution in [-0.2, 0) is 14.3 Å². The molecule has 2 aliphatic rings. The summed E-state index contributed by atoms with van der Waals surface area (Å²) in [6.07, 6.45) is 5.89. The molecular weight excluding hydrogens is 462 g/mol. The molecule has 3 N–H and O–H groups in total. The van der Waals surface area contributed by atoms with Crippen molar-refractivity contribution in [2.45, 2.75) is 111 Å². The molecule has 2 saturated heterocycles. The topological polar surface area (TPSA) is 110 Å². The molecule has 0 aromatic carbocycles. The van der Waals surface area contributed by atoms with Gasteiger partial charge in [0.25, 0.3) is 0 Å². The average Bonchev–Trinajstić information content (AvgIpc) is 3.42. The molecule has 1 aromatic rings. The van der Waals surface area contributed by atoms with E-state index >= 15 is 0 Å². The van der Waals surface area contributed by atoms with Gasteiger partial charge < -0.3 is 20.5 Å². The standard InChI is InChI=1S/C25H39N3O4S.C2H6/c1-15(12-17-14-33-24(26-5)27-17)21-13-19-18(28-19)8-6-7-9-20(29)16(2)23(31)25(3,4)11-10-22(30)32-21;1-2/h12,14,16,18-21,28-29H,6-11,13H2,1-5H3,(H,26,27);1-2H3/b15-12+;/t16-,18?,19?,20?,21?;/m1./s1. The summed E-state index contributed by atoms with van der Waals surface area (Å²) in [6.45, 7) is 11.5. The van der Waals surface area contributed by atoms with Crippen molar-refractivity contribution in [3.63, 3.8) is 0 Å². The lowest BCUT2D eigenvalue weighted by atomic mass is 9.76. The van der Waals surface area contributed by atoms with E-state index in [9.17, 15) is 14.7 Å². The van der Waals surface area contributed by atoms with E-state index < -0.39 is 17.4 Å². The summed E-state index contributed by atoms with van der Waals surface area (Å²) >= 11 is 1.54. The van der Waals surface area contributed by atoms with Crippen molar-refractivity contribution >= 4 is 34.3 Å². The van der Waals surface area contributed by atoms with Crippen molar-refractivity contribution in [3.8, 4) is 0 Å². The maximum Gasteiger partial charge on any atom is 0.306 e. The minimum absolute atomic E-state index is 0.00955. The van der Waals surface area contributed by atoms with E-state index in [4.69, 9.17) is 4.74 Å². The third kappa shape index (κ3) is 8.69. The van der Waals surface area contributed by atoms with Crippen molar-refractivity contribution in [3.05, 3.63) is 16.6 Å². The number of cyclic esters (lactones) is 1. The van der Waals surface area contributed by atoms with Crippen LogP contribution in [0.4, 0.5) is 5.13 Å². The summed E-state index contributed by atoms with van der Waals surface area (Å²) in [5, 5.41) is 19.9. The average molecular weight is 508 g/mol. The number of aromatic nitrogens is 1. The number of ketones is 1. The van der Waals surface area contributed by atoms with E-state index in [1.54, 1.807) is 6.92 Å². The number of hydrogen-bond donors (Lipinski definition) is 3. The lowest BCUT2D eigenvalue weighted by molar-refractivity contribution is -0.148. The Kier molecular flexibility index (Phi) is 11.4. The van der Waals surface area contributed by atoms with Gasteiger partial charge in [0.05, 0.1) is 11.8 Å². The van der Waals surface area contributed by atoms with Gasteiger partial charge in [0.2, 0.25) is 0 Å². The lowest BCUT2D eigenvalue weighted by Crippen LogP contribution is -2.36. The van der Waals surface area contributed by atoms with Gasteiger partial charge in [0.1, 0.15) is 11.9 Å². The first-order chi connectivity index (χ1) is 16.6. The van der Waals surface area contributed by atoms with Gasteiger partial charge in [0.15, 0.2) is 5.13 Å². The van der Waals surface area contributed by atoms with Crippen LogP contribution in [0.2, 0.25) is 0 Å². The summed E-state index contributed by atoms with van der Waals surface area (Å²) in [4.78, 5) is 30.3. The smallest absolute Gasteiger partial charge is 0.306 e. The molecule has 0 amide bonds. The largest absolute Gasteiger partial charge is 0.458 e. The van der Waals surface area contributed by atoms with Gasteiger partial charge in [-0.15, -0.1) is 11.3 Å². The number of thiazole rings is 1. The first kappa shape index (κ1) is 29.5. The van der Waals surface area contributed by atoms with Gasteiger partial charge in [-0.1, -0.05) is 47.5 Å². The second kappa shape index (κ2) is 13.5. The molecule has 7 nitrogen and oxygen atoms in total. The van der Waals surface area contributed by atoms with Gasteiger partial charge in [-0.25, -0.2) is 4.98 Å². The monoisotopic (exact) mass is 507 g/mol. The number of rotatable bonds is 3. The van der Waals surface area contributed by atoms with Crippen LogP contribution in [-0.4, -0.2) is 53.2 Å². The fourth-order valence-electron chi connectivity index (χ4n) is 4.60. The Morgan fingerprint density at radius 1 is 1.26 bits per heavy atom. The summed E-state index contributed by atoms with van der Waals surface area (Å²) in [5.74, 6) is -0.718. The number of Topliss-reactive ketones (excluding diaryl/α,β-unsaturated/α-hetero) is 1. The maximum atomic E-state index is 13.0. The predicted octanol–water partition coefficient (Wildman–Crippen LogP) is 5.20. The molecular formula is C27H45N3O4S. The van der Waals surface area contributed by atoms with Crippen molar-refractivity contribution in [2.24, 2.45) is 11.3 Å². The molecule has 0 saturated carbocycles. The van der Waals surface area contributed by atoms with E-state index in [0.717, 1.165) is 42.1 Å². The number of hydrogen-bond acceptors (Lipinski definition) is 8. The van der Waals surface area contributed by atoms with Crippen LogP contribution in [0, 0.1) is 11.3 Å². The second-order valence-corrected chi connectivity index (χ2v) is 11.1. The van der Waals surface area contributed by atoms with Gasteiger partial charge in [-0.2, -0.15) is 0 Å². The van der Waals surface area contributed by atoms with Crippen molar-refractivity contribution in [1.29, 1.82) is 0 Å². The lowest BCUT2D eigenvalue weighted by Gasteiger charge is -2.29. The number of ether oxygens (including phenoxy) is 1. The predicted molar refractivity (Wildman–Crippen MR) is 144 cm³/mol. The molecule has 4 unspecified atom stereocenters. The van der Waals surface area contributed by atoms with Gasteiger partial charge >= 0.3 is 5.97 Å². The number of carbonyl (C=O) groups is 2. The second-order valence-electron chi connectivity index (χ2n) is 10.2. The minimum atomic E-state index is -0.690. The normalized spacial score (nSPS) is 30.4. The number of aliphatic hydroxyl groups excluding tert-OH is 1. The third-order valence-electron chi connectivity index (χ3n) is 7.04. The molecule has 2 fully saturated rings. The van der Waals surface area contributed by atoms with E-state index in [-0.39, 0.29) is 24.3 Å². The number of carbonyl (C=O) groups excluding carboxylic acids is 2. The van der Waals surface area contributed by atoms with E-state index in [0.29, 0.717) is 24.9 Å². The first-order valence-electron chi connectivity index (χ1n) is 13.1. The molecule has 3 rings (SSSR count). The zero-order chi connectivity index (χ0) is 26.2. The van der Waals surface area contributed by atoms with E-state index in [2.05, 4.69) is 15.6 Å². The van der Waals surface area contributed by atoms with Crippen LogP contribution in [0.5, 0.6) is 0 Å². The molecule has 3 heterocycles. The highest BCUT2D eigenvalue weighted by Gasteiger charge is 2.39. The summed E-state index contributed by atoms with van der Waals surface area (Å²) in [6, 6.07) is 0.737. The molecule has 8 heteroatoms. The van der Waals surface area contributed by atoms with Gasteiger partial charge in [0, 0.05) is 48.7 Å². The quantitative estimate of drug-likeness (QED) is 0.381. The molecule has 0 aliphatic carbocycles. The zero-order valence-corrected chi connectivity index (χ0v) is 23.3. The molecule has 2 aliphatic heterocycles. The highest BCUT2D eigenvalue weighted by molar-refractivity contribution is 7.13.